The van der Waals surface area contributed by atoms with Crippen LogP contribution in [0.1, 0.15) is 33.3 Å². The second kappa shape index (κ2) is 9.83. The van der Waals surface area contributed by atoms with Crippen LogP contribution in [0.2, 0.25) is 0 Å². The molecule has 0 saturated heterocycles. The number of hydrogen-bond acceptors (Lipinski definition) is 7. The van der Waals surface area contributed by atoms with Gasteiger partial charge in [0.2, 0.25) is 0 Å². The van der Waals surface area contributed by atoms with Gasteiger partial charge in [0.1, 0.15) is 5.82 Å². The summed E-state index contributed by atoms with van der Waals surface area (Å²) in [6, 6.07) is 14.0. The minimum atomic E-state index is -0.785. The van der Waals surface area contributed by atoms with E-state index in [1.165, 1.54) is 34.5 Å². The van der Waals surface area contributed by atoms with Gasteiger partial charge in [0.15, 0.2) is 18.1 Å². The lowest BCUT2D eigenvalue weighted by Gasteiger charge is -2.22. The molecule has 2 aromatic carbocycles. The molecule has 2 heterocycles. The van der Waals surface area contributed by atoms with Gasteiger partial charge in [-0.1, -0.05) is 18.2 Å². The molecule has 1 unspecified atom stereocenters. The molecule has 1 aliphatic heterocycles. The molecule has 0 radical (unpaired) electrons. The first-order chi connectivity index (χ1) is 16.0. The second-order valence-corrected chi connectivity index (χ2v) is 8.13. The number of methoxy groups -OCH3 is 2. The highest BCUT2D eigenvalue weighted by Crippen LogP contribution is 2.37. The molecule has 9 heteroatoms. The summed E-state index contributed by atoms with van der Waals surface area (Å²) in [6.07, 6.45) is 0.486. The lowest BCUT2D eigenvalue weighted by Crippen LogP contribution is -2.31. The van der Waals surface area contributed by atoms with Crippen molar-refractivity contribution in [3.05, 3.63) is 81.8 Å². The van der Waals surface area contributed by atoms with E-state index in [1.807, 2.05) is 23.6 Å². The normalized spacial score (nSPS) is 15.2. The van der Waals surface area contributed by atoms with Crippen molar-refractivity contribution in [1.82, 2.24) is 5.01 Å². The van der Waals surface area contributed by atoms with E-state index in [0.29, 0.717) is 17.9 Å². The average molecular weight is 469 g/mol. The van der Waals surface area contributed by atoms with Gasteiger partial charge in [-0.2, -0.15) is 5.10 Å². The number of carbonyl (C=O) groups is 2. The summed E-state index contributed by atoms with van der Waals surface area (Å²) in [6.45, 7) is -0.527. The molecular weight excluding hydrogens is 447 g/mol. The molecule has 3 aromatic rings. The summed E-state index contributed by atoms with van der Waals surface area (Å²) >= 11 is 1.53. The number of halogens is 1. The predicted octanol–water partition coefficient (Wildman–Crippen LogP) is 4.44. The lowest BCUT2D eigenvalue weighted by molar-refractivity contribution is -0.136. The van der Waals surface area contributed by atoms with Gasteiger partial charge in [-0.3, -0.25) is 4.79 Å². The van der Waals surface area contributed by atoms with Gasteiger partial charge in [-0.15, -0.1) is 11.3 Å². The quantitative estimate of drug-likeness (QED) is 0.479. The van der Waals surface area contributed by atoms with Gasteiger partial charge in [0, 0.05) is 6.42 Å². The van der Waals surface area contributed by atoms with Gasteiger partial charge in [-0.05, 0) is 47.3 Å². The van der Waals surface area contributed by atoms with Crippen molar-refractivity contribution in [2.45, 2.75) is 12.5 Å². The molecule has 1 aliphatic rings. The summed E-state index contributed by atoms with van der Waals surface area (Å²) in [5.74, 6) is -0.739. The summed E-state index contributed by atoms with van der Waals surface area (Å²) in [4.78, 5) is 26.2. The van der Waals surface area contributed by atoms with Crippen molar-refractivity contribution in [2.24, 2.45) is 5.10 Å². The van der Waals surface area contributed by atoms with E-state index in [1.54, 1.807) is 26.4 Å². The Morgan fingerprint density at radius 1 is 1.09 bits per heavy atom. The molecule has 1 aromatic heterocycles. The van der Waals surface area contributed by atoms with Crippen LogP contribution >= 0.6 is 11.3 Å². The van der Waals surface area contributed by atoms with Crippen molar-refractivity contribution >= 4 is 28.9 Å². The van der Waals surface area contributed by atoms with Crippen LogP contribution in [-0.2, 0) is 9.53 Å². The van der Waals surface area contributed by atoms with Crippen LogP contribution in [0.4, 0.5) is 4.39 Å². The zero-order valence-corrected chi connectivity index (χ0v) is 18.8. The SMILES string of the molecule is COc1ccc(C2CC(c3cccs3)=NN2C(=O)COC(=O)c2cccc(F)c2)cc1OC. The molecule has 33 heavy (non-hydrogen) atoms. The van der Waals surface area contributed by atoms with E-state index in [9.17, 15) is 14.0 Å². The number of esters is 1. The highest BCUT2D eigenvalue weighted by atomic mass is 32.1. The number of amides is 1. The first-order valence-electron chi connectivity index (χ1n) is 10.1. The maximum absolute atomic E-state index is 13.4. The summed E-state index contributed by atoms with van der Waals surface area (Å²) in [5, 5.41) is 7.81. The van der Waals surface area contributed by atoms with Crippen LogP contribution in [0.15, 0.2) is 65.1 Å². The first kappa shape index (κ1) is 22.5. The number of hydrazone groups is 1. The van der Waals surface area contributed by atoms with E-state index in [4.69, 9.17) is 14.2 Å². The number of rotatable bonds is 7. The zero-order chi connectivity index (χ0) is 23.4. The molecule has 1 atom stereocenters. The number of thiophene rings is 1. The Labute approximate surface area is 194 Å². The van der Waals surface area contributed by atoms with Gasteiger partial charge in [0.25, 0.3) is 5.91 Å². The third-order valence-electron chi connectivity index (χ3n) is 5.15. The third kappa shape index (κ3) is 4.88. The van der Waals surface area contributed by atoms with Gasteiger partial charge in [0.05, 0.1) is 36.4 Å². The van der Waals surface area contributed by atoms with Crippen molar-refractivity contribution in [1.29, 1.82) is 0 Å². The number of nitrogens with zero attached hydrogens (tertiary/aromatic N) is 2. The summed E-state index contributed by atoms with van der Waals surface area (Å²) in [7, 11) is 3.09. The standard InChI is InChI=1S/C24H21FN2O5S/c1-30-20-9-8-15(12-21(20)31-2)19-13-18(22-7-4-10-33-22)26-27(19)23(28)14-32-24(29)16-5-3-6-17(25)11-16/h3-12,19H,13-14H2,1-2H3. The maximum Gasteiger partial charge on any atom is 0.338 e. The minimum absolute atomic E-state index is 0.0310. The minimum Gasteiger partial charge on any atom is -0.493 e. The fourth-order valence-electron chi connectivity index (χ4n) is 3.54. The van der Waals surface area contributed by atoms with E-state index >= 15 is 0 Å². The number of ether oxygens (including phenoxy) is 3. The van der Waals surface area contributed by atoms with E-state index in [-0.39, 0.29) is 5.56 Å². The monoisotopic (exact) mass is 468 g/mol. The smallest absolute Gasteiger partial charge is 0.338 e. The van der Waals surface area contributed by atoms with Crippen molar-refractivity contribution < 1.29 is 28.2 Å². The van der Waals surface area contributed by atoms with E-state index in [2.05, 4.69) is 5.10 Å². The number of benzene rings is 2. The van der Waals surface area contributed by atoms with Gasteiger partial charge < -0.3 is 14.2 Å². The van der Waals surface area contributed by atoms with Crippen LogP contribution < -0.4 is 9.47 Å². The second-order valence-electron chi connectivity index (χ2n) is 7.18. The van der Waals surface area contributed by atoms with Crippen LogP contribution in [0.3, 0.4) is 0 Å². The molecule has 0 aliphatic carbocycles. The molecule has 1 amide bonds. The molecule has 0 spiro atoms. The van der Waals surface area contributed by atoms with Crippen LogP contribution in [-0.4, -0.2) is 43.4 Å². The van der Waals surface area contributed by atoms with Gasteiger partial charge in [-0.25, -0.2) is 14.2 Å². The van der Waals surface area contributed by atoms with Crippen LogP contribution in [0.25, 0.3) is 0 Å². The van der Waals surface area contributed by atoms with Crippen LogP contribution in [0.5, 0.6) is 11.5 Å². The zero-order valence-electron chi connectivity index (χ0n) is 18.0. The summed E-state index contributed by atoms with van der Waals surface area (Å²) in [5.41, 5.74) is 1.59. The van der Waals surface area contributed by atoms with Crippen molar-refractivity contribution in [3.63, 3.8) is 0 Å². The Morgan fingerprint density at radius 3 is 2.61 bits per heavy atom. The van der Waals surface area contributed by atoms with Crippen LogP contribution in [0, 0.1) is 5.82 Å². The van der Waals surface area contributed by atoms with Crippen molar-refractivity contribution in [3.8, 4) is 11.5 Å². The fraction of sp³-hybridized carbons (Fsp3) is 0.208. The molecule has 170 valence electrons. The fourth-order valence-corrected chi connectivity index (χ4v) is 4.26. The highest BCUT2D eigenvalue weighted by molar-refractivity contribution is 7.12. The van der Waals surface area contributed by atoms with Crippen molar-refractivity contribution in [2.75, 3.05) is 20.8 Å². The lowest BCUT2D eigenvalue weighted by atomic mass is 10.0. The Balaban J connectivity index is 1.56. The van der Waals surface area contributed by atoms with E-state index < -0.39 is 30.3 Å². The Kier molecular flexibility index (Phi) is 6.69. The number of hydrogen-bond donors (Lipinski definition) is 0. The summed E-state index contributed by atoms with van der Waals surface area (Å²) < 4.78 is 29.2. The molecule has 7 nitrogen and oxygen atoms in total. The Hall–Kier alpha value is -3.72. The van der Waals surface area contributed by atoms with Gasteiger partial charge >= 0.3 is 5.97 Å². The Bertz CT molecular complexity index is 1200. The molecule has 0 bridgehead atoms. The average Bonchev–Trinajstić information content (AvgIpc) is 3.52. The maximum atomic E-state index is 13.4. The first-order valence-corrected chi connectivity index (χ1v) is 11.0. The van der Waals surface area contributed by atoms with E-state index in [0.717, 1.165) is 22.2 Å². The Morgan fingerprint density at radius 2 is 1.91 bits per heavy atom. The molecule has 0 fully saturated rings. The topological polar surface area (TPSA) is 77.4 Å². The molecule has 4 rings (SSSR count). The number of carbonyl (C=O) groups excluding carboxylic acids is 2. The molecular formula is C24H21FN2O5S. The predicted molar refractivity (Wildman–Crippen MR) is 121 cm³/mol. The largest absolute Gasteiger partial charge is 0.493 e. The molecule has 0 N–H and O–H groups in total. The molecule has 0 saturated carbocycles. The third-order valence-corrected chi connectivity index (χ3v) is 6.07. The highest BCUT2D eigenvalue weighted by Gasteiger charge is 2.34.